The fraction of sp³-hybridized carbons (Fsp3) is 0.364. The van der Waals surface area contributed by atoms with Gasteiger partial charge in [-0.2, -0.15) is 0 Å². The molecular formula is C11H11F3O2. The standard InChI is InChI=1S/C11H11F3O2/c1-10(2,7-15)8-4-3-5-9(6-8)16-11(12,13)14/h3-7H,1-2H3. The van der Waals surface area contributed by atoms with Crippen LogP contribution in [0, 0.1) is 0 Å². The zero-order valence-corrected chi connectivity index (χ0v) is 8.84. The third-order valence-electron chi connectivity index (χ3n) is 2.11. The molecule has 2 nitrogen and oxygen atoms in total. The lowest BCUT2D eigenvalue weighted by Gasteiger charge is -2.18. The summed E-state index contributed by atoms with van der Waals surface area (Å²) < 4.78 is 39.6. The van der Waals surface area contributed by atoms with E-state index in [1.54, 1.807) is 19.9 Å². The minimum atomic E-state index is -4.72. The molecule has 0 saturated carbocycles. The Morgan fingerprint density at radius 2 is 1.88 bits per heavy atom. The van der Waals surface area contributed by atoms with E-state index in [1.165, 1.54) is 18.2 Å². The van der Waals surface area contributed by atoms with Crippen LogP contribution in [0.2, 0.25) is 0 Å². The predicted octanol–water partition coefficient (Wildman–Crippen LogP) is 3.06. The Kier molecular flexibility index (Phi) is 3.26. The maximum Gasteiger partial charge on any atom is 0.573 e. The van der Waals surface area contributed by atoms with Gasteiger partial charge in [0.2, 0.25) is 0 Å². The molecule has 0 unspecified atom stereocenters. The Bertz CT molecular complexity index is 383. The van der Waals surface area contributed by atoms with Gasteiger partial charge in [-0.3, -0.25) is 0 Å². The van der Waals surface area contributed by atoms with Gasteiger partial charge in [0.05, 0.1) is 0 Å². The number of benzene rings is 1. The van der Waals surface area contributed by atoms with E-state index in [9.17, 15) is 18.0 Å². The van der Waals surface area contributed by atoms with Crippen LogP contribution in [-0.4, -0.2) is 12.6 Å². The summed E-state index contributed by atoms with van der Waals surface area (Å²) in [5.41, 5.74) is -0.352. The zero-order chi connectivity index (χ0) is 12.4. The molecule has 0 aliphatic heterocycles. The van der Waals surface area contributed by atoms with E-state index in [4.69, 9.17) is 0 Å². The number of alkyl halides is 3. The van der Waals surface area contributed by atoms with Crippen LogP contribution in [0.25, 0.3) is 0 Å². The molecule has 0 heterocycles. The Hall–Kier alpha value is -1.52. The van der Waals surface area contributed by atoms with Crippen molar-refractivity contribution in [3.8, 4) is 5.75 Å². The Labute approximate surface area is 91.0 Å². The Morgan fingerprint density at radius 1 is 1.25 bits per heavy atom. The minimum Gasteiger partial charge on any atom is -0.406 e. The average molecular weight is 232 g/mol. The molecular weight excluding hydrogens is 221 g/mol. The Balaban J connectivity index is 3.00. The fourth-order valence-corrected chi connectivity index (χ4v) is 1.16. The van der Waals surface area contributed by atoms with E-state index < -0.39 is 11.8 Å². The van der Waals surface area contributed by atoms with E-state index >= 15 is 0 Å². The number of ether oxygens (including phenoxy) is 1. The number of carbonyl (C=O) groups is 1. The summed E-state index contributed by atoms with van der Waals surface area (Å²) in [6, 6.07) is 5.40. The highest BCUT2D eigenvalue weighted by molar-refractivity contribution is 5.67. The monoisotopic (exact) mass is 232 g/mol. The lowest BCUT2D eigenvalue weighted by molar-refractivity contribution is -0.274. The van der Waals surface area contributed by atoms with Gasteiger partial charge in [-0.25, -0.2) is 0 Å². The molecule has 0 N–H and O–H groups in total. The largest absolute Gasteiger partial charge is 0.573 e. The van der Waals surface area contributed by atoms with E-state index in [1.807, 2.05) is 0 Å². The summed E-state index contributed by atoms with van der Waals surface area (Å²) >= 11 is 0. The molecule has 0 aliphatic carbocycles. The van der Waals surface area contributed by atoms with Crippen LogP contribution in [-0.2, 0) is 10.2 Å². The van der Waals surface area contributed by atoms with Gasteiger partial charge in [0.1, 0.15) is 12.0 Å². The zero-order valence-electron chi connectivity index (χ0n) is 8.84. The van der Waals surface area contributed by atoms with E-state index in [-0.39, 0.29) is 5.75 Å². The van der Waals surface area contributed by atoms with Gasteiger partial charge in [0.25, 0.3) is 0 Å². The van der Waals surface area contributed by atoms with Crippen molar-refractivity contribution in [1.82, 2.24) is 0 Å². The molecule has 0 aromatic heterocycles. The molecule has 0 fully saturated rings. The number of carbonyl (C=O) groups excluding carboxylic acids is 1. The normalized spacial score (nSPS) is 12.3. The summed E-state index contributed by atoms with van der Waals surface area (Å²) in [6.45, 7) is 3.24. The van der Waals surface area contributed by atoms with Crippen LogP contribution in [0.3, 0.4) is 0 Å². The van der Waals surface area contributed by atoms with E-state index in [2.05, 4.69) is 4.74 Å². The highest BCUT2D eigenvalue weighted by Gasteiger charge is 2.31. The topological polar surface area (TPSA) is 26.3 Å². The maximum absolute atomic E-state index is 12.0. The van der Waals surface area contributed by atoms with Crippen LogP contribution in [0.1, 0.15) is 19.4 Å². The molecule has 0 amide bonds. The van der Waals surface area contributed by atoms with Crippen molar-refractivity contribution in [2.45, 2.75) is 25.6 Å². The van der Waals surface area contributed by atoms with Crippen LogP contribution in [0.15, 0.2) is 24.3 Å². The first-order valence-electron chi connectivity index (χ1n) is 4.57. The first kappa shape index (κ1) is 12.5. The van der Waals surface area contributed by atoms with Gasteiger partial charge < -0.3 is 9.53 Å². The van der Waals surface area contributed by atoms with Crippen molar-refractivity contribution < 1.29 is 22.7 Å². The summed E-state index contributed by atoms with van der Waals surface area (Å²) in [5.74, 6) is -0.320. The van der Waals surface area contributed by atoms with Crippen LogP contribution < -0.4 is 4.74 Å². The van der Waals surface area contributed by atoms with Crippen LogP contribution in [0.5, 0.6) is 5.75 Å². The molecule has 1 rings (SSSR count). The van der Waals surface area contributed by atoms with Crippen LogP contribution >= 0.6 is 0 Å². The third kappa shape index (κ3) is 3.25. The number of hydrogen-bond acceptors (Lipinski definition) is 2. The molecule has 0 spiro atoms. The average Bonchev–Trinajstić information content (AvgIpc) is 2.15. The minimum absolute atomic E-state index is 0.320. The van der Waals surface area contributed by atoms with Gasteiger partial charge >= 0.3 is 6.36 Å². The van der Waals surface area contributed by atoms with Crippen molar-refractivity contribution in [3.63, 3.8) is 0 Å². The highest BCUT2D eigenvalue weighted by atomic mass is 19.4. The highest BCUT2D eigenvalue weighted by Crippen LogP contribution is 2.28. The van der Waals surface area contributed by atoms with Gasteiger partial charge in [0, 0.05) is 5.41 Å². The van der Waals surface area contributed by atoms with Crippen molar-refractivity contribution in [2.24, 2.45) is 0 Å². The van der Waals surface area contributed by atoms with Crippen molar-refractivity contribution >= 4 is 6.29 Å². The number of aldehydes is 1. The fourth-order valence-electron chi connectivity index (χ4n) is 1.16. The van der Waals surface area contributed by atoms with Crippen molar-refractivity contribution in [1.29, 1.82) is 0 Å². The molecule has 1 aromatic rings. The lowest BCUT2D eigenvalue weighted by Crippen LogP contribution is -2.20. The number of rotatable bonds is 3. The first-order valence-corrected chi connectivity index (χ1v) is 4.57. The molecule has 5 heteroatoms. The quantitative estimate of drug-likeness (QED) is 0.748. The second kappa shape index (κ2) is 4.15. The lowest BCUT2D eigenvalue weighted by atomic mass is 9.86. The molecule has 0 radical (unpaired) electrons. The van der Waals surface area contributed by atoms with Gasteiger partial charge in [0.15, 0.2) is 0 Å². The molecule has 0 saturated heterocycles. The maximum atomic E-state index is 12.0. The molecule has 0 aliphatic rings. The summed E-state index contributed by atoms with van der Waals surface area (Å²) in [5, 5.41) is 0. The van der Waals surface area contributed by atoms with E-state index in [0.29, 0.717) is 11.8 Å². The number of halogens is 3. The van der Waals surface area contributed by atoms with Gasteiger partial charge in [-0.1, -0.05) is 12.1 Å². The van der Waals surface area contributed by atoms with Gasteiger partial charge in [-0.05, 0) is 31.5 Å². The van der Waals surface area contributed by atoms with Gasteiger partial charge in [-0.15, -0.1) is 13.2 Å². The smallest absolute Gasteiger partial charge is 0.406 e. The summed E-state index contributed by atoms with van der Waals surface area (Å²) in [7, 11) is 0. The molecule has 0 atom stereocenters. The van der Waals surface area contributed by atoms with E-state index in [0.717, 1.165) is 0 Å². The number of hydrogen-bond donors (Lipinski definition) is 0. The van der Waals surface area contributed by atoms with Crippen molar-refractivity contribution in [3.05, 3.63) is 29.8 Å². The third-order valence-corrected chi connectivity index (χ3v) is 2.11. The molecule has 16 heavy (non-hydrogen) atoms. The molecule has 0 bridgehead atoms. The molecule has 88 valence electrons. The Morgan fingerprint density at radius 3 is 2.38 bits per heavy atom. The molecule has 1 aromatic carbocycles. The van der Waals surface area contributed by atoms with Crippen molar-refractivity contribution in [2.75, 3.05) is 0 Å². The summed E-state index contributed by atoms with van der Waals surface area (Å²) in [6.07, 6.45) is -4.04. The van der Waals surface area contributed by atoms with Crippen LogP contribution in [0.4, 0.5) is 13.2 Å². The summed E-state index contributed by atoms with van der Waals surface area (Å²) in [4.78, 5) is 10.8. The second-order valence-corrected chi connectivity index (χ2v) is 3.92. The SMILES string of the molecule is CC(C)(C=O)c1cccc(OC(F)(F)F)c1. The predicted molar refractivity (Wildman–Crippen MR) is 52.2 cm³/mol. The second-order valence-electron chi connectivity index (χ2n) is 3.92. The first-order chi connectivity index (χ1) is 7.24.